The molecule has 0 aliphatic carbocycles. The fourth-order valence-electron chi connectivity index (χ4n) is 2.46. The number of aromatic nitrogens is 1. The molecule has 1 unspecified atom stereocenters. The Kier molecular flexibility index (Phi) is 3.02. The van der Waals surface area contributed by atoms with Gasteiger partial charge in [-0.25, -0.2) is 4.98 Å². The van der Waals surface area contributed by atoms with Crippen LogP contribution in [0.1, 0.15) is 16.6 Å². The summed E-state index contributed by atoms with van der Waals surface area (Å²) in [5.41, 5.74) is 8.39. The van der Waals surface area contributed by atoms with Gasteiger partial charge >= 0.3 is 0 Å². The molecule has 2 aromatic carbocycles. The highest BCUT2D eigenvalue weighted by Crippen LogP contribution is 2.34. The lowest BCUT2D eigenvalue weighted by atomic mass is 10.0. The Hall–Kier alpha value is -2.11. The van der Waals surface area contributed by atoms with Crippen LogP contribution in [0.3, 0.4) is 0 Å². The van der Waals surface area contributed by atoms with E-state index in [4.69, 9.17) is 15.2 Å². The lowest BCUT2D eigenvalue weighted by Gasteiger charge is -2.10. The van der Waals surface area contributed by atoms with Gasteiger partial charge in [-0.05, 0) is 29.8 Å². The van der Waals surface area contributed by atoms with Crippen LogP contribution in [-0.2, 0) is 6.42 Å². The van der Waals surface area contributed by atoms with Crippen molar-refractivity contribution in [1.82, 2.24) is 4.98 Å². The van der Waals surface area contributed by atoms with Crippen LogP contribution in [0.4, 0.5) is 0 Å². The predicted molar refractivity (Wildman–Crippen MR) is 82.8 cm³/mol. The molecule has 0 saturated carbocycles. The van der Waals surface area contributed by atoms with Crippen molar-refractivity contribution in [2.24, 2.45) is 5.73 Å². The van der Waals surface area contributed by atoms with Gasteiger partial charge in [-0.3, -0.25) is 0 Å². The highest BCUT2D eigenvalue weighted by atomic mass is 32.1. The van der Waals surface area contributed by atoms with E-state index in [9.17, 15) is 0 Å². The SMILES string of the molecule is NC(Cc1nc2ccccc2s1)c1ccc2c(c1)OCO2. The van der Waals surface area contributed by atoms with E-state index in [2.05, 4.69) is 11.1 Å². The van der Waals surface area contributed by atoms with E-state index in [1.54, 1.807) is 11.3 Å². The summed E-state index contributed by atoms with van der Waals surface area (Å²) in [5.74, 6) is 1.55. The van der Waals surface area contributed by atoms with Crippen LogP contribution >= 0.6 is 11.3 Å². The van der Waals surface area contributed by atoms with Crippen molar-refractivity contribution in [2.45, 2.75) is 12.5 Å². The molecular weight excluding hydrogens is 284 g/mol. The van der Waals surface area contributed by atoms with Gasteiger partial charge in [-0.15, -0.1) is 11.3 Å². The first-order chi connectivity index (χ1) is 10.3. The molecular formula is C16H14N2O2S. The zero-order chi connectivity index (χ0) is 14.2. The minimum atomic E-state index is -0.0972. The topological polar surface area (TPSA) is 57.4 Å². The molecule has 0 fully saturated rings. The van der Waals surface area contributed by atoms with Gasteiger partial charge in [0.2, 0.25) is 6.79 Å². The number of hydrogen-bond donors (Lipinski definition) is 1. The first kappa shape index (κ1) is 12.6. The first-order valence-corrected chi connectivity index (χ1v) is 7.61. The van der Waals surface area contributed by atoms with Crippen molar-refractivity contribution in [2.75, 3.05) is 6.79 Å². The van der Waals surface area contributed by atoms with Crippen LogP contribution in [0.15, 0.2) is 42.5 Å². The first-order valence-electron chi connectivity index (χ1n) is 6.79. The van der Waals surface area contributed by atoms with Crippen molar-refractivity contribution in [3.8, 4) is 11.5 Å². The summed E-state index contributed by atoms with van der Waals surface area (Å²) in [6.07, 6.45) is 0.721. The second-order valence-corrected chi connectivity index (χ2v) is 6.11. The Balaban J connectivity index is 1.58. The maximum Gasteiger partial charge on any atom is 0.231 e. The number of nitrogens with two attached hydrogens (primary N) is 1. The monoisotopic (exact) mass is 298 g/mol. The Morgan fingerprint density at radius 1 is 1.14 bits per heavy atom. The molecule has 2 heterocycles. The number of benzene rings is 2. The molecule has 4 nitrogen and oxygen atoms in total. The van der Waals surface area contributed by atoms with Gasteiger partial charge in [0, 0.05) is 12.5 Å². The number of rotatable bonds is 3. The average Bonchev–Trinajstić information content (AvgIpc) is 3.11. The normalized spacial score (nSPS) is 14.5. The van der Waals surface area contributed by atoms with Gasteiger partial charge in [-0.2, -0.15) is 0 Å². The summed E-state index contributed by atoms with van der Waals surface area (Å²) in [7, 11) is 0. The third-order valence-corrected chi connectivity index (χ3v) is 4.62. The van der Waals surface area contributed by atoms with Crippen molar-refractivity contribution >= 4 is 21.6 Å². The smallest absolute Gasteiger partial charge is 0.231 e. The van der Waals surface area contributed by atoms with Gasteiger partial charge < -0.3 is 15.2 Å². The second kappa shape index (κ2) is 5.02. The molecule has 5 heteroatoms. The minimum absolute atomic E-state index is 0.0972. The molecule has 0 amide bonds. The van der Waals surface area contributed by atoms with Crippen LogP contribution in [-0.4, -0.2) is 11.8 Å². The lowest BCUT2D eigenvalue weighted by Crippen LogP contribution is -2.13. The van der Waals surface area contributed by atoms with Crippen molar-refractivity contribution < 1.29 is 9.47 Å². The molecule has 0 radical (unpaired) electrons. The predicted octanol–water partition coefficient (Wildman–Crippen LogP) is 3.27. The standard InChI is InChI=1S/C16H14N2O2S/c17-11(10-5-6-13-14(7-10)20-9-19-13)8-16-18-12-3-1-2-4-15(12)21-16/h1-7,11H,8-9,17H2. The van der Waals surface area contributed by atoms with Crippen LogP contribution in [0.25, 0.3) is 10.2 Å². The fraction of sp³-hybridized carbons (Fsp3) is 0.188. The molecule has 0 bridgehead atoms. The average molecular weight is 298 g/mol. The van der Waals surface area contributed by atoms with E-state index in [0.29, 0.717) is 0 Å². The zero-order valence-corrected chi connectivity index (χ0v) is 12.1. The minimum Gasteiger partial charge on any atom is -0.454 e. The molecule has 1 aliphatic rings. The van der Waals surface area contributed by atoms with E-state index >= 15 is 0 Å². The van der Waals surface area contributed by atoms with Crippen LogP contribution in [0.5, 0.6) is 11.5 Å². The quantitative estimate of drug-likeness (QED) is 0.806. The van der Waals surface area contributed by atoms with Crippen LogP contribution in [0, 0.1) is 0 Å². The summed E-state index contributed by atoms with van der Waals surface area (Å²) in [6, 6.07) is 13.9. The lowest BCUT2D eigenvalue weighted by molar-refractivity contribution is 0.174. The molecule has 21 heavy (non-hydrogen) atoms. The van der Waals surface area contributed by atoms with Gasteiger partial charge in [-0.1, -0.05) is 18.2 Å². The number of ether oxygens (including phenoxy) is 2. The third-order valence-electron chi connectivity index (χ3n) is 3.56. The largest absolute Gasteiger partial charge is 0.454 e. The van der Waals surface area contributed by atoms with Crippen LogP contribution in [0.2, 0.25) is 0 Å². The third kappa shape index (κ3) is 2.34. The molecule has 1 aromatic heterocycles. The number of para-hydroxylation sites is 1. The molecule has 3 aromatic rings. The second-order valence-electron chi connectivity index (χ2n) is 5.00. The van der Waals surface area contributed by atoms with Crippen LogP contribution < -0.4 is 15.2 Å². The zero-order valence-electron chi connectivity index (χ0n) is 11.3. The van der Waals surface area contributed by atoms with Gasteiger partial charge in [0.15, 0.2) is 11.5 Å². The molecule has 2 N–H and O–H groups in total. The molecule has 1 atom stereocenters. The Labute approximate surface area is 126 Å². The van der Waals surface area contributed by atoms with Crippen molar-refractivity contribution in [1.29, 1.82) is 0 Å². The molecule has 0 saturated heterocycles. The number of fused-ring (bicyclic) bond motifs is 2. The summed E-state index contributed by atoms with van der Waals surface area (Å²) in [5, 5.41) is 1.06. The van der Waals surface area contributed by atoms with E-state index in [1.807, 2.05) is 36.4 Å². The van der Waals surface area contributed by atoms with Crippen molar-refractivity contribution in [3.63, 3.8) is 0 Å². The summed E-state index contributed by atoms with van der Waals surface area (Å²) in [4.78, 5) is 4.63. The number of nitrogens with zero attached hydrogens (tertiary/aromatic N) is 1. The molecule has 1 aliphatic heterocycles. The van der Waals surface area contributed by atoms with E-state index in [-0.39, 0.29) is 12.8 Å². The fourth-order valence-corrected chi connectivity index (χ4v) is 3.48. The highest BCUT2D eigenvalue weighted by Gasteiger charge is 2.17. The number of hydrogen-bond acceptors (Lipinski definition) is 5. The van der Waals surface area contributed by atoms with E-state index in [0.717, 1.165) is 34.0 Å². The maximum absolute atomic E-state index is 6.31. The molecule has 4 rings (SSSR count). The highest BCUT2D eigenvalue weighted by molar-refractivity contribution is 7.18. The summed E-state index contributed by atoms with van der Waals surface area (Å²) in [6.45, 7) is 0.284. The summed E-state index contributed by atoms with van der Waals surface area (Å²) < 4.78 is 11.9. The Morgan fingerprint density at radius 2 is 2.00 bits per heavy atom. The van der Waals surface area contributed by atoms with Gasteiger partial charge in [0.05, 0.1) is 15.2 Å². The Morgan fingerprint density at radius 3 is 2.90 bits per heavy atom. The van der Waals surface area contributed by atoms with E-state index in [1.165, 1.54) is 4.70 Å². The maximum atomic E-state index is 6.31. The molecule has 0 spiro atoms. The summed E-state index contributed by atoms with van der Waals surface area (Å²) >= 11 is 1.70. The Bertz CT molecular complexity index is 767. The van der Waals surface area contributed by atoms with Gasteiger partial charge in [0.1, 0.15) is 0 Å². The van der Waals surface area contributed by atoms with Gasteiger partial charge in [0.25, 0.3) is 0 Å². The van der Waals surface area contributed by atoms with E-state index < -0.39 is 0 Å². The number of thiazole rings is 1. The molecule has 106 valence electrons. The van der Waals surface area contributed by atoms with Crippen molar-refractivity contribution in [3.05, 3.63) is 53.0 Å².